The summed E-state index contributed by atoms with van der Waals surface area (Å²) >= 11 is 0. The molecule has 0 saturated heterocycles. The number of hydrogen-bond donors (Lipinski definition) is 1. The van der Waals surface area contributed by atoms with Crippen molar-refractivity contribution in [2.24, 2.45) is 0 Å². The highest BCUT2D eigenvalue weighted by Gasteiger charge is 2.30. The predicted octanol–water partition coefficient (Wildman–Crippen LogP) is 3.83. The zero-order valence-electron chi connectivity index (χ0n) is 14.5. The molecule has 1 aliphatic rings. The second-order valence-corrected chi connectivity index (χ2v) is 7.51. The number of carboxylic acid groups (broad SMARTS) is 1. The first-order valence-corrected chi connectivity index (χ1v) is 8.34. The monoisotopic (exact) mass is 328 g/mol. The van der Waals surface area contributed by atoms with E-state index < -0.39 is 5.97 Å². The summed E-state index contributed by atoms with van der Waals surface area (Å²) in [7, 11) is 0. The van der Waals surface area contributed by atoms with Gasteiger partial charge in [-0.3, -0.25) is 4.90 Å². The molecule has 1 N–H and O–H groups in total. The molecule has 0 aliphatic heterocycles. The van der Waals surface area contributed by atoms with E-state index in [1.54, 1.807) is 0 Å². The van der Waals surface area contributed by atoms with Crippen molar-refractivity contribution < 1.29 is 14.3 Å². The molecule has 1 aromatic carbocycles. The van der Waals surface area contributed by atoms with Crippen molar-refractivity contribution in [3.05, 3.63) is 53.2 Å². The minimum absolute atomic E-state index is 0.0322. The van der Waals surface area contributed by atoms with E-state index in [1.807, 2.05) is 0 Å². The molecule has 1 fully saturated rings. The molecular weight excluding hydrogens is 304 g/mol. The maximum absolute atomic E-state index is 10.9. The van der Waals surface area contributed by atoms with Crippen LogP contribution in [0.2, 0.25) is 0 Å². The number of oxazole rings is 1. The van der Waals surface area contributed by atoms with E-state index >= 15 is 0 Å². The van der Waals surface area contributed by atoms with Crippen LogP contribution in [0.5, 0.6) is 0 Å². The number of hydrogen-bond acceptors (Lipinski definition) is 4. The molecule has 2 aromatic rings. The molecule has 0 bridgehead atoms. The second-order valence-electron chi connectivity index (χ2n) is 7.51. The normalized spacial score (nSPS) is 15.0. The SMILES string of the molecule is CC(C)(C)c1ccc(CN(Cc2nc(C(=O)O)co2)C2CC2)cc1. The van der Waals surface area contributed by atoms with Crippen LogP contribution in [0.1, 0.15) is 61.1 Å². The van der Waals surface area contributed by atoms with Crippen LogP contribution in [0.15, 0.2) is 34.9 Å². The third-order valence-electron chi connectivity index (χ3n) is 4.38. The van der Waals surface area contributed by atoms with E-state index in [0.29, 0.717) is 18.5 Å². The highest BCUT2D eigenvalue weighted by Crippen LogP contribution is 2.30. The summed E-state index contributed by atoms with van der Waals surface area (Å²) in [6.07, 6.45) is 3.56. The van der Waals surface area contributed by atoms with E-state index in [9.17, 15) is 4.79 Å². The van der Waals surface area contributed by atoms with Gasteiger partial charge in [0.05, 0.1) is 6.54 Å². The topological polar surface area (TPSA) is 66.6 Å². The van der Waals surface area contributed by atoms with Crippen molar-refractivity contribution in [2.75, 3.05) is 0 Å². The van der Waals surface area contributed by atoms with Gasteiger partial charge in [-0.05, 0) is 29.4 Å². The summed E-state index contributed by atoms with van der Waals surface area (Å²) in [6, 6.07) is 9.26. The lowest BCUT2D eigenvalue weighted by Crippen LogP contribution is -2.25. The molecule has 3 rings (SSSR count). The fourth-order valence-corrected chi connectivity index (χ4v) is 2.75. The number of nitrogens with zero attached hydrogens (tertiary/aromatic N) is 2. The van der Waals surface area contributed by atoms with Gasteiger partial charge in [0.25, 0.3) is 0 Å². The molecule has 1 aliphatic carbocycles. The van der Waals surface area contributed by atoms with E-state index in [0.717, 1.165) is 6.54 Å². The highest BCUT2D eigenvalue weighted by molar-refractivity contribution is 5.84. The molecule has 1 aromatic heterocycles. The Bertz CT molecular complexity index is 709. The number of aromatic carboxylic acids is 1. The minimum Gasteiger partial charge on any atom is -0.476 e. The van der Waals surface area contributed by atoms with Crippen LogP contribution in [0.25, 0.3) is 0 Å². The minimum atomic E-state index is -1.05. The van der Waals surface area contributed by atoms with E-state index in [4.69, 9.17) is 9.52 Å². The van der Waals surface area contributed by atoms with Crippen LogP contribution >= 0.6 is 0 Å². The van der Waals surface area contributed by atoms with Gasteiger partial charge in [-0.1, -0.05) is 45.0 Å². The molecule has 5 nitrogen and oxygen atoms in total. The number of rotatable bonds is 6. The fraction of sp³-hybridized carbons (Fsp3) is 0.474. The first kappa shape index (κ1) is 16.7. The Morgan fingerprint density at radius 2 is 1.92 bits per heavy atom. The number of benzene rings is 1. The van der Waals surface area contributed by atoms with Crippen LogP contribution in [-0.2, 0) is 18.5 Å². The maximum atomic E-state index is 10.9. The predicted molar refractivity (Wildman–Crippen MR) is 90.9 cm³/mol. The average molecular weight is 328 g/mol. The summed E-state index contributed by atoms with van der Waals surface area (Å²) in [6.45, 7) is 7.99. The zero-order chi connectivity index (χ0) is 17.3. The highest BCUT2D eigenvalue weighted by atomic mass is 16.4. The smallest absolute Gasteiger partial charge is 0.357 e. The standard InChI is InChI=1S/C19H24N2O3/c1-19(2,3)14-6-4-13(5-7-14)10-21(15-8-9-15)11-17-20-16(12-24-17)18(22)23/h4-7,12,15H,8-11H2,1-3H3,(H,22,23). The summed E-state index contributed by atoms with van der Waals surface area (Å²) < 4.78 is 5.30. The molecular formula is C19H24N2O3. The molecule has 0 unspecified atom stereocenters. The van der Waals surface area contributed by atoms with Gasteiger partial charge < -0.3 is 9.52 Å². The van der Waals surface area contributed by atoms with Crippen LogP contribution in [0.3, 0.4) is 0 Å². The molecule has 0 amide bonds. The average Bonchev–Trinajstić information content (AvgIpc) is 3.25. The van der Waals surface area contributed by atoms with Crippen molar-refractivity contribution >= 4 is 5.97 Å². The van der Waals surface area contributed by atoms with Crippen molar-refractivity contribution in [3.8, 4) is 0 Å². The third-order valence-corrected chi connectivity index (χ3v) is 4.38. The van der Waals surface area contributed by atoms with Gasteiger partial charge in [0, 0.05) is 12.6 Å². The van der Waals surface area contributed by atoms with Gasteiger partial charge >= 0.3 is 5.97 Å². The van der Waals surface area contributed by atoms with Crippen LogP contribution < -0.4 is 0 Å². The second kappa shape index (κ2) is 6.40. The lowest BCUT2D eigenvalue weighted by molar-refractivity contribution is 0.0690. The van der Waals surface area contributed by atoms with Crippen molar-refractivity contribution in [1.82, 2.24) is 9.88 Å². The number of carbonyl (C=O) groups is 1. The van der Waals surface area contributed by atoms with Crippen LogP contribution in [0, 0.1) is 0 Å². The Kier molecular flexibility index (Phi) is 4.45. The molecule has 1 saturated carbocycles. The first-order chi connectivity index (χ1) is 11.3. The molecule has 128 valence electrons. The largest absolute Gasteiger partial charge is 0.476 e. The number of carboxylic acids is 1. The maximum Gasteiger partial charge on any atom is 0.357 e. The van der Waals surface area contributed by atoms with Gasteiger partial charge in [-0.2, -0.15) is 0 Å². The molecule has 0 radical (unpaired) electrons. The summed E-state index contributed by atoms with van der Waals surface area (Å²) in [5.41, 5.74) is 2.69. The number of aromatic nitrogens is 1. The Balaban J connectivity index is 1.69. The summed E-state index contributed by atoms with van der Waals surface area (Å²) in [5, 5.41) is 8.94. The molecule has 5 heteroatoms. The van der Waals surface area contributed by atoms with E-state index in [2.05, 4.69) is 54.9 Å². The van der Waals surface area contributed by atoms with Crippen molar-refractivity contribution in [3.63, 3.8) is 0 Å². The first-order valence-electron chi connectivity index (χ1n) is 8.34. The Morgan fingerprint density at radius 3 is 2.42 bits per heavy atom. The Morgan fingerprint density at radius 1 is 1.25 bits per heavy atom. The Hall–Kier alpha value is -2.14. The molecule has 1 heterocycles. The van der Waals surface area contributed by atoms with Crippen LogP contribution in [0.4, 0.5) is 0 Å². The lowest BCUT2D eigenvalue weighted by Gasteiger charge is -2.22. The van der Waals surface area contributed by atoms with Crippen molar-refractivity contribution in [2.45, 2.75) is 58.2 Å². The summed E-state index contributed by atoms with van der Waals surface area (Å²) in [4.78, 5) is 17.3. The molecule has 24 heavy (non-hydrogen) atoms. The molecule has 0 spiro atoms. The fourth-order valence-electron chi connectivity index (χ4n) is 2.75. The van der Waals surface area contributed by atoms with Gasteiger partial charge in [0.15, 0.2) is 5.69 Å². The van der Waals surface area contributed by atoms with Gasteiger partial charge in [0.2, 0.25) is 5.89 Å². The Labute approximate surface area is 142 Å². The van der Waals surface area contributed by atoms with Crippen molar-refractivity contribution in [1.29, 1.82) is 0 Å². The molecule has 0 atom stereocenters. The third kappa shape index (κ3) is 4.03. The van der Waals surface area contributed by atoms with Gasteiger partial charge in [-0.25, -0.2) is 9.78 Å². The van der Waals surface area contributed by atoms with Gasteiger partial charge in [0.1, 0.15) is 6.26 Å². The van der Waals surface area contributed by atoms with Crippen LogP contribution in [-0.4, -0.2) is 27.0 Å². The van der Waals surface area contributed by atoms with Gasteiger partial charge in [-0.15, -0.1) is 0 Å². The quantitative estimate of drug-likeness (QED) is 0.873. The summed E-state index contributed by atoms with van der Waals surface area (Å²) in [5.74, 6) is -0.591. The lowest BCUT2D eigenvalue weighted by atomic mass is 9.87. The van der Waals surface area contributed by atoms with E-state index in [1.165, 1.54) is 30.2 Å². The zero-order valence-corrected chi connectivity index (χ0v) is 14.5. The van der Waals surface area contributed by atoms with E-state index in [-0.39, 0.29) is 11.1 Å².